The largest absolute Gasteiger partial charge is 0.328 e. The lowest BCUT2D eigenvalue weighted by Crippen LogP contribution is -2.31. The van der Waals surface area contributed by atoms with Crippen LogP contribution in [0.2, 0.25) is 0 Å². The third kappa shape index (κ3) is 2.56. The van der Waals surface area contributed by atoms with Crippen molar-refractivity contribution in [3.63, 3.8) is 0 Å². The molecule has 3 heteroatoms. The summed E-state index contributed by atoms with van der Waals surface area (Å²) < 4.78 is 0. The van der Waals surface area contributed by atoms with Gasteiger partial charge in [0.2, 0.25) is 0 Å². The molecule has 64 valence electrons. The maximum absolute atomic E-state index is 11.2. The predicted octanol–water partition coefficient (Wildman–Crippen LogP) is 1.47. The molecule has 2 nitrogen and oxygen atoms in total. The number of alkyl halides is 1. The standard InChI is InChI=1S/C8H14BrNO/c9-5-8(11)6-2-1-3-7(10)4-6/h6-7H,1-5,10H2/t6-,7+/m0/s1. The van der Waals surface area contributed by atoms with Crippen LogP contribution in [0, 0.1) is 5.92 Å². The molecule has 0 aliphatic heterocycles. The Kier molecular flexibility index (Phi) is 3.52. The molecule has 1 aliphatic rings. The van der Waals surface area contributed by atoms with Crippen LogP contribution in [-0.2, 0) is 4.79 Å². The number of halogens is 1. The van der Waals surface area contributed by atoms with Gasteiger partial charge in [-0.3, -0.25) is 4.79 Å². The minimum Gasteiger partial charge on any atom is -0.328 e. The van der Waals surface area contributed by atoms with E-state index < -0.39 is 0 Å². The Bertz CT molecular complexity index is 149. The van der Waals surface area contributed by atoms with E-state index in [4.69, 9.17) is 5.73 Å². The average molecular weight is 220 g/mol. The molecule has 2 atom stereocenters. The van der Waals surface area contributed by atoms with Gasteiger partial charge in [-0.05, 0) is 19.3 Å². The summed E-state index contributed by atoms with van der Waals surface area (Å²) >= 11 is 3.18. The van der Waals surface area contributed by atoms with Crippen molar-refractivity contribution in [3.8, 4) is 0 Å². The molecule has 1 saturated carbocycles. The van der Waals surface area contributed by atoms with Crippen molar-refractivity contribution in [3.05, 3.63) is 0 Å². The first-order valence-electron chi connectivity index (χ1n) is 4.08. The SMILES string of the molecule is N[C@@H]1CCC[C@H](C(=O)CBr)C1. The van der Waals surface area contributed by atoms with Gasteiger partial charge in [0.15, 0.2) is 0 Å². The van der Waals surface area contributed by atoms with Gasteiger partial charge in [0.1, 0.15) is 5.78 Å². The Morgan fingerprint density at radius 3 is 2.82 bits per heavy atom. The Morgan fingerprint density at radius 2 is 2.27 bits per heavy atom. The van der Waals surface area contributed by atoms with Crippen molar-refractivity contribution in [2.45, 2.75) is 31.7 Å². The highest BCUT2D eigenvalue weighted by Gasteiger charge is 2.23. The van der Waals surface area contributed by atoms with Gasteiger partial charge >= 0.3 is 0 Å². The highest BCUT2D eigenvalue weighted by molar-refractivity contribution is 9.09. The number of hydrogen-bond acceptors (Lipinski definition) is 2. The minimum atomic E-state index is 0.234. The van der Waals surface area contributed by atoms with E-state index in [-0.39, 0.29) is 12.0 Å². The number of ketones is 1. The Balaban J connectivity index is 2.39. The molecule has 0 saturated heterocycles. The van der Waals surface area contributed by atoms with Crippen LogP contribution in [-0.4, -0.2) is 17.2 Å². The number of hydrogen-bond donors (Lipinski definition) is 1. The second kappa shape index (κ2) is 4.21. The van der Waals surface area contributed by atoms with Crippen LogP contribution >= 0.6 is 15.9 Å². The van der Waals surface area contributed by atoms with Gasteiger partial charge in [0.05, 0.1) is 5.33 Å². The van der Waals surface area contributed by atoms with Crippen LogP contribution in [0.3, 0.4) is 0 Å². The zero-order valence-corrected chi connectivity index (χ0v) is 8.14. The second-order valence-electron chi connectivity index (χ2n) is 3.22. The van der Waals surface area contributed by atoms with Crippen LogP contribution in [0.1, 0.15) is 25.7 Å². The molecule has 1 aliphatic carbocycles. The Morgan fingerprint density at radius 1 is 1.55 bits per heavy atom. The lowest BCUT2D eigenvalue weighted by Gasteiger charge is -2.24. The summed E-state index contributed by atoms with van der Waals surface area (Å²) in [5.74, 6) is 0.554. The van der Waals surface area contributed by atoms with E-state index in [1.165, 1.54) is 0 Å². The first-order chi connectivity index (χ1) is 5.24. The normalized spacial score (nSPS) is 31.8. The van der Waals surface area contributed by atoms with Gasteiger partial charge in [-0.25, -0.2) is 0 Å². The van der Waals surface area contributed by atoms with Crippen LogP contribution in [0.25, 0.3) is 0 Å². The molecule has 1 fully saturated rings. The fraction of sp³-hybridized carbons (Fsp3) is 0.875. The maximum atomic E-state index is 11.2. The summed E-state index contributed by atoms with van der Waals surface area (Å²) in [6.07, 6.45) is 4.14. The topological polar surface area (TPSA) is 43.1 Å². The third-order valence-corrected chi connectivity index (χ3v) is 2.85. The molecule has 0 heterocycles. The lowest BCUT2D eigenvalue weighted by atomic mass is 9.84. The van der Waals surface area contributed by atoms with Crippen molar-refractivity contribution < 1.29 is 4.79 Å². The van der Waals surface area contributed by atoms with Crippen molar-refractivity contribution in [1.29, 1.82) is 0 Å². The van der Waals surface area contributed by atoms with Crippen LogP contribution in [0.5, 0.6) is 0 Å². The van der Waals surface area contributed by atoms with Crippen molar-refractivity contribution in [2.24, 2.45) is 11.7 Å². The highest BCUT2D eigenvalue weighted by atomic mass is 79.9. The molecule has 0 amide bonds. The Labute approximate surface area is 75.7 Å². The highest BCUT2D eigenvalue weighted by Crippen LogP contribution is 2.24. The molecule has 0 aromatic heterocycles. The zero-order valence-electron chi connectivity index (χ0n) is 6.55. The molecule has 2 N–H and O–H groups in total. The average Bonchev–Trinajstić information content (AvgIpc) is 2.03. The molecular weight excluding hydrogens is 206 g/mol. The predicted molar refractivity (Wildman–Crippen MR) is 48.7 cm³/mol. The third-order valence-electron chi connectivity index (χ3n) is 2.30. The van der Waals surface area contributed by atoms with Gasteiger partial charge in [0, 0.05) is 12.0 Å². The van der Waals surface area contributed by atoms with E-state index in [9.17, 15) is 4.79 Å². The van der Waals surface area contributed by atoms with Crippen molar-refractivity contribution in [1.82, 2.24) is 0 Å². The monoisotopic (exact) mass is 219 g/mol. The summed E-state index contributed by atoms with van der Waals surface area (Å²) in [5, 5.41) is 0.490. The van der Waals surface area contributed by atoms with Gasteiger partial charge < -0.3 is 5.73 Å². The number of rotatable bonds is 2. The molecule has 0 spiro atoms. The number of nitrogens with two attached hydrogens (primary N) is 1. The van der Waals surface area contributed by atoms with Crippen molar-refractivity contribution >= 4 is 21.7 Å². The van der Waals surface area contributed by atoms with E-state index >= 15 is 0 Å². The van der Waals surface area contributed by atoms with E-state index in [1.54, 1.807) is 0 Å². The molecule has 1 rings (SSSR count). The molecule has 0 aromatic carbocycles. The van der Waals surface area contributed by atoms with Gasteiger partial charge in [-0.1, -0.05) is 22.4 Å². The number of carbonyl (C=O) groups excluding carboxylic acids is 1. The molecule has 11 heavy (non-hydrogen) atoms. The summed E-state index contributed by atoms with van der Waals surface area (Å²) in [5.41, 5.74) is 5.75. The minimum absolute atomic E-state index is 0.234. The van der Waals surface area contributed by atoms with Crippen LogP contribution < -0.4 is 5.73 Å². The summed E-state index contributed by atoms with van der Waals surface area (Å²) in [6.45, 7) is 0. The molecule has 0 radical (unpaired) electrons. The number of carbonyl (C=O) groups is 1. The quantitative estimate of drug-likeness (QED) is 0.716. The van der Waals surface area contributed by atoms with E-state index in [0.717, 1.165) is 25.7 Å². The smallest absolute Gasteiger partial charge is 0.146 e. The maximum Gasteiger partial charge on any atom is 0.146 e. The first kappa shape index (κ1) is 9.20. The van der Waals surface area contributed by atoms with Gasteiger partial charge in [0.25, 0.3) is 0 Å². The summed E-state index contributed by atoms with van der Waals surface area (Å²) in [7, 11) is 0. The first-order valence-corrected chi connectivity index (χ1v) is 5.20. The van der Waals surface area contributed by atoms with Crippen LogP contribution in [0.4, 0.5) is 0 Å². The molecular formula is C8H14BrNO. The van der Waals surface area contributed by atoms with E-state index in [1.807, 2.05) is 0 Å². The lowest BCUT2D eigenvalue weighted by molar-refractivity contribution is -0.121. The zero-order chi connectivity index (χ0) is 8.27. The number of Topliss-reactive ketones (excluding diaryl/α,β-unsaturated/α-hetero) is 1. The fourth-order valence-corrected chi connectivity index (χ4v) is 2.09. The summed E-state index contributed by atoms with van der Waals surface area (Å²) in [6, 6.07) is 0.261. The van der Waals surface area contributed by atoms with Gasteiger partial charge in [-0.2, -0.15) is 0 Å². The van der Waals surface area contributed by atoms with Crippen molar-refractivity contribution in [2.75, 3.05) is 5.33 Å². The van der Waals surface area contributed by atoms with E-state index in [2.05, 4.69) is 15.9 Å². The van der Waals surface area contributed by atoms with Crippen LogP contribution in [0.15, 0.2) is 0 Å². The summed E-state index contributed by atoms with van der Waals surface area (Å²) in [4.78, 5) is 11.2. The molecule has 0 bridgehead atoms. The molecule has 0 unspecified atom stereocenters. The van der Waals surface area contributed by atoms with E-state index in [0.29, 0.717) is 11.1 Å². The Hall–Kier alpha value is 0.110. The van der Waals surface area contributed by atoms with Gasteiger partial charge in [-0.15, -0.1) is 0 Å². The molecule has 0 aromatic rings. The second-order valence-corrected chi connectivity index (χ2v) is 3.78. The fourth-order valence-electron chi connectivity index (χ4n) is 1.63.